The Labute approximate surface area is 109 Å². The van der Waals surface area contributed by atoms with Gasteiger partial charge in [-0.3, -0.25) is 0 Å². The van der Waals surface area contributed by atoms with Crippen molar-refractivity contribution in [1.82, 2.24) is 0 Å². The first-order chi connectivity index (χ1) is 7.26. The van der Waals surface area contributed by atoms with Crippen LogP contribution >= 0.6 is 22.6 Å². The zero-order valence-electron chi connectivity index (χ0n) is 10.6. The van der Waals surface area contributed by atoms with E-state index in [0.717, 1.165) is 0 Å². The Bertz CT molecular complexity index is 128. The van der Waals surface area contributed by atoms with Gasteiger partial charge in [0.05, 0.1) is 6.10 Å². The van der Waals surface area contributed by atoms with Gasteiger partial charge in [-0.05, 0) is 12.8 Å². The van der Waals surface area contributed by atoms with Crippen LogP contribution in [-0.2, 0) is 4.74 Å². The van der Waals surface area contributed by atoms with Gasteiger partial charge in [-0.2, -0.15) is 0 Å². The maximum absolute atomic E-state index is 5.58. The van der Waals surface area contributed by atoms with Gasteiger partial charge < -0.3 is 4.74 Å². The lowest BCUT2D eigenvalue weighted by Gasteiger charge is -2.21. The van der Waals surface area contributed by atoms with Crippen molar-refractivity contribution in [3.8, 4) is 0 Å². The Morgan fingerprint density at radius 2 is 1.47 bits per heavy atom. The maximum Gasteiger partial charge on any atom is 0.0688 e. The van der Waals surface area contributed by atoms with Gasteiger partial charge >= 0.3 is 0 Å². The van der Waals surface area contributed by atoms with E-state index in [0.29, 0.717) is 10.0 Å². The molecular formula is C13H27IO. The van der Waals surface area contributed by atoms with Crippen molar-refractivity contribution in [1.29, 1.82) is 0 Å². The van der Waals surface area contributed by atoms with E-state index in [2.05, 4.69) is 36.4 Å². The van der Waals surface area contributed by atoms with Crippen LogP contribution in [0.1, 0.15) is 65.2 Å². The Balaban J connectivity index is 3.62. The van der Waals surface area contributed by atoms with Crippen LogP contribution < -0.4 is 0 Å². The number of unbranched alkanes of at least 4 members (excludes halogenated alkanes) is 4. The fraction of sp³-hybridized carbons (Fsp3) is 1.00. The summed E-state index contributed by atoms with van der Waals surface area (Å²) in [5, 5.41) is 0. The first-order valence-electron chi connectivity index (χ1n) is 6.43. The number of rotatable bonds is 10. The molecule has 1 nitrogen and oxygen atoms in total. The van der Waals surface area contributed by atoms with E-state index in [4.69, 9.17) is 4.74 Å². The van der Waals surface area contributed by atoms with Crippen LogP contribution in [0.4, 0.5) is 0 Å². The minimum absolute atomic E-state index is 0.481. The molecule has 0 spiro atoms. The smallest absolute Gasteiger partial charge is 0.0688 e. The number of hydrogen-bond donors (Lipinski definition) is 0. The molecule has 0 rings (SSSR count). The highest BCUT2D eigenvalue weighted by Gasteiger charge is 2.16. The molecular weight excluding hydrogens is 299 g/mol. The molecule has 0 aromatic rings. The minimum Gasteiger partial charge on any atom is -0.380 e. The van der Waals surface area contributed by atoms with Crippen molar-refractivity contribution in [2.24, 2.45) is 0 Å². The molecule has 0 aliphatic rings. The molecule has 0 fully saturated rings. The van der Waals surface area contributed by atoms with Gasteiger partial charge in [0.25, 0.3) is 0 Å². The van der Waals surface area contributed by atoms with Crippen LogP contribution in [0.2, 0.25) is 0 Å². The molecule has 2 heteroatoms. The van der Waals surface area contributed by atoms with E-state index < -0.39 is 0 Å². The second kappa shape index (κ2) is 11.2. The van der Waals surface area contributed by atoms with E-state index in [1.807, 2.05) is 7.11 Å². The summed E-state index contributed by atoms with van der Waals surface area (Å²) in [6.45, 7) is 4.52. The van der Waals surface area contributed by atoms with Crippen LogP contribution in [-0.4, -0.2) is 17.1 Å². The first kappa shape index (κ1) is 15.7. The number of alkyl halides is 1. The zero-order chi connectivity index (χ0) is 11.5. The highest BCUT2D eigenvalue weighted by Crippen LogP contribution is 2.21. The summed E-state index contributed by atoms with van der Waals surface area (Å²) in [6.07, 6.45) is 11.1. The fourth-order valence-corrected chi connectivity index (χ4v) is 2.91. The fourth-order valence-electron chi connectivity index (χ4n) is 1.82. The van der Waals surface area contributed by atoms with E-state index in [9.17, 15) is 0 Å². The molecule has 92 valence electrons. The largest absolute Gasteiger partial charge is 0.380 e. The molecule has 2 atom stereocenters. The summed E-state index contributed by atoms with van der Waals surface area (Å²) in [5.74, 6) is 0. The lowest BCUT2D eigenvalue weighted by atomic mass is 10.0. The van der Waals surface area contributed by atoms with Crippen LogP contribution in [0.3, 0.4) is 0 Å². The van der Waals surface area contributed by atoms with Gasteiger partial charge in [0.15, 0.2) is 0 Å². The van der Waals surface area contributed by atoms with Gasteiger partial charge in [0, 0.05) is 11.0 Å². The molecule has 0 aliphatic carbocycles. The van der Waals surface area contributed by atoms with Crippen molar-refractivity contribution in [2.45, 2.75) is 75.2 Å². The molecule has 0 amide bonds. The number of halogens is 1. The van der Waals surface area contributed by atoms with Crippen LogP contribution in [0, 0.1) is 0 Å². The maximum atomic E-state index is 5.58. The zero-order valence-corrected chi connectivity index (χ0v) is 12.8. The lowest BCUT2D eigenvalue weighted by Crippen LogP contribution is -2.22. The van der Waals surface area contributed by atoms with Gasteiger partial charge in [0.1, 0.15) is 0 Å². The predicted octanol–water partition coefficient (Wildman–Crippen LogP) is 4.97. The molecule has 0 aromatic carbocycles. The summed E-state index contributed by atoms with van der Waals surface area (Å²) in [6, 6.07) is 0. The third-order valence-electron chi connectivity index (χ3n) is 2.88. The summed E-state index contributed by atoms with van der Waals surface area (Å²) in [4.78, 5) is 0. The topological polar surface area (TPSA) is 9.23 Å². The van der Waals surface area contributed by atoms with Crippen molar-refractivity contribution in [3.63, 3.8) is 0 Å². The van der Waals surface area contributed by atoms with Gasteiger partial charge in [0.2, 0.25) is 0 Å². The van der Waals surface area contributed by atoms with E-state index in [1.165, 1.54) is 51.4 Å². The third-order valence-corrected chi connectivity index (χ3v) is 4.31. The quantitative estimate of drug-likeness (QED) is 0.313. The van der Waals surface area contributed by atoms with Crippen LogP contribution in [0.5, 0.6) is 0 Å². The normalized spacial score (nSPS) is 15.2. The van der Waals surface area contributed by atoms with E-state index in [-0.39, 0.29) is 0 Å². The SMILES string of the molecule is CCCCC[C@@H](I)[C@@H](CCCCC)OC. The molecule has 0 aromatic heterocycles. The molecule has 0 unspecified atom stereocenters. The third kappa shape index (κ3) is 8.49. The Morgan fingerprint density at radius 1 is 0.933 bits per heavy atom. The highest BCUT2D eigenvalue weighted by atomic mass is 127. The molecule has 0 N–H and O–H groups in total. The highest BCUT2D eigenvalue weighted by molar-refractivity contribution is 14.1. The summed E-state index contributed by atoms with van der Waals surface area (Å²) in [5.41, 5.74) is 0. The molecule has 0 bridgehead atoms. The summed E-state index contributed by atoms with van der Waals surface area (Å²) in [7, 11) is 1.86. The van der Waals surface area contributed by atoms with E-state index in [1.54, 1.807) is 0 Å². The van der Waals surface area contributed by atoms with Gasteiger partial charge in [-0.1, -0.05) is 75.0 Å². The average Bonchev–Trinajstić information content (AvgIpc) is 2.24. The molecule has 0 heterocycles. The lowest BCUT2D eigenvalue weighted by molar-refractivity contribution is 0.0919. The minimum atomic E-state index is 0.481. The molecule has 0 radical (unpaired) electrons. The standard InChI is InChI=1S/C13H27IO/c1-4-6-8-10-12(14)13(15-3)11-9-7-5-2/h12-13H,4-11H2,1-3H3/t12-,13-/m1/s1. The van der Waals surface area contributed by atoms with Crippen molar-refractivity contribution in [3.05, 3.63) is 0 Å². The second-order valence-corrected chi connectivity index (χ2v) is 5.88. The Kier molecular flexibility index (Phi) is 11.7. The number of hydrogen-bond acceptors (Lipinski definition) is 1. The predicted molar refractivity (Wildman–Crippen MR) is 76.9 cm³/mol. The van der Waals surface area contributed by atoms with Gasteiger partial charge in [-0.15, -0.1) is 0 Å². The first-order valence-corrected chi connectivity index (χ1v) is 7.67. The Morgan fingerprint density at radius 3 is 1.93 bits per heavy atom. The molecule has 0 saturated heterocycles. The van der Waals surface area contributed by atoms with Crippen molar-refractivity contribution in [2.75, 3.05) is 7.11 Å². The van der Waals surface area contributed by atoms with Crippen molar-refractivity contribution < 1.29 is 4.74 Å². The number of methoxy groups -OCH3 is 1. The monoisotopic (exact) mass is 326 g/mol. The van der Waals surface area contributed by atoms with Crippen molar-refractivity contribution >= 4 is 22.6 Å². The molecule has 15 heavy (non-hydrogen) atoms. The van der Waals surface area contributed by atoms with E-state index >= 15 is 0 Å². The van der Waals surface area contributed by atoms with Gasteiger partial charge in [-0.25, -0.2) is 0 Å². The van der Waals surface area contributed by atoms with Crippen LogP contribution in [0.15, 0.2) is 0 Å². The Hall–Kier alpha value is 0.690. The number of ether oxygens (including phenoxy) is 1. The summed E-state index contributed by atoms with van der Waals surface area (Å²) >= 11 is 2.57. The summed E-state index contributed by atoms with van der Waals surface area (Å²) < 4.78 is 6.29. The second-order valence-electron chi connectivity index (χ2n) is 4.28. The molecule has 0 saturated carbocycles. The van der Waals surface area contributed by atoms with Crippen LogP contribution in [0.25, 0.3) is 0 Å². The molecule has 0 aliphatic heterocycles. The average molecular weight is 326 g/mol.